The number of benzene rings is 3. The third-order valence-electron chi connectivity index (χ3n) is 4.89. The van der Waals surface area contributed by atoms with Gasteiger partial charge in [0.05, 0.1) is 12.0 Å². The number of rotatable bonds is 11. The minimum Gasteiger partial charge on any atom is -0.550 e. The van der Waals surface area contributed by atoms with E-state index < -0.39 is 11.9 Å². The minimum absolute atomic E-state index is 0. The van der Waals surface area contributed by atoms with Crippen LogP contribution in [0.1, 0.15) is 29.0 Å². The molecular formula is C26H22FN2NaO5. The second kappa shape index (κ2) is 14.1. The molecule has 7 nitrogen and oxygen atoms in total. The van der Waals surface area contributed by atoms with Crippen molar-refractivity contribution in [2.24, 2.45) is 5.16 Å². The average molecular weight is 484 g/mol. The number of carboxylic acid groups (broad SMARTS) is 1. The van der Waals surface area contributed by atoms with Gasteiger partial charge in [-0.15, -0.1) is 0 Å². The maximum absolute atomic E-state index is 13.2. The summed E-state index contributed by atoms with van der Waals surface area (Å²) in [4.78, 5) is 15.6. The van der Waals surface area contributed by atoms with Gasteiger partial charge in [0.2, 0.25) is 0 Å². The van der Waals surface area contributed by atoms with E-state index in [1.54, 1.807) is 48.5 Å². The number of carbonyl (C=O) groups excluding carboxylic acids is 1. The summed E-state index contributed by atoms with van der Waals surface area (Å²) >= 11 is 0. The summed E-state index contributed by atoms with van der Waals surface area (Å²) in [5, 5.41) is 23.8. The SMILES string of the molecule is CO/N=C(\COc1ccc(COc2ccc(C(C#N)CC(=O)[O-])cc2)cc1)c1ccc(F)cc1.[Na+]. The molecule has 174 valence electrons. The molecule has 3 aromatic carbocycles. The Labute approximate surface area is 225 Å². The fourth-order valence-corrected chi connectivity index (χ4v) is 3.12. The van der Waals surface area contributed by atoms with Crippen LogP contribution in [0.2, 0.25) is 0 Å². The fourth-order valence-electron chi connectivity index (χ4n) is 3.12. The molecule has 0 N–H and O–H groups in total. The summed E-state index contributed by atoms with van der Waals surface area (Å²) in [6.45, 7) is 0.454. The predicted molar refractivity (Wildman–Crippen MR) is 121 cm³/mol. The first kappa shape index (κ1) is 27.9. The van der Waals surface area contributed by atoms with E-state index in [4.69, 9.17) is 19.6 Å². The van der Waals surface area contributed by atoms with Gasteiger partial charge in [0.1, 0.15) is 43.4 Å². The van der Waals surface area contributed by atoms with Crippen LogP contribution in [0.15, 0.2) is 78.0 Å². The summed E-state index contributed by atoms with van der Waals surface area (Å²) in [6, 6.07) is 21.9. The number of aliphatic carboxylic acids is 1. The van der Waals surface area contributed by atoms with Crippen LogP contribution in [0.4, 0.5) is 4.39 Å². The van der Waals surface area contributed by atoms with E-state index in [2.05, 4.69) is 5.16 Å². The van der Waals surface area contributed by atoms with E-state index in [-0.39, 0.29) is 48.4 Å². The first-order chi connectivity index (χ1) is 16.5. The van der Waals surface area contributed by atoms with E-state index in [0.717, 1.165) is 5.56 Å². The molecule has 35 heavy (non-hydrogen) atoms. The van der Waals surface area contributed by atoms with Crippen LogP contribution in [0.25, 0.3) is 0 Å². The van der Waals surface area contributed by atoms with Gasteiger partial charge in [0.25, 0.3) is 0 Å². The first-order valence-corrected chi connectivity index (χ1v) is 10.4. The average Bonchev–Trinajstić information content (AvgIpc) is 2.85. The molecule has 1 unspecified atom stereocenters. The molecule has 0 saturated heterocycles. The molecule has 3 aromatic rings. The third kappa shape index (κ3) is 8.72. The van der Waals surface area contributed by atoms with Gasteiger partial charge in [-0.05, 0) is 59.7 Å². The number of nitriles is 1. The van der Waals surface area contributed by atoms with Crippen LogP contribution in [0.5, 0.6) is 11.5 Å². The predicted octanol–water partition coefficient (Wildman–Crippen LogP) is 0.585. The zero-order valence-corrected chi connectivity index (χ0v) is 21.4. The van der Waals surface area contributed by atoms with Crippen molar-refractivity contribution in [2.45, 2.75) is 18.9 Å². The number of halogens is 1. The van der Waals surface area contributed by atoms with Gasteiger partial charge < -0.3 is 24.2 Å². The van der Waals surface area contributed by atoms with Gasteiger partial charge in [-0.1, -0.05) is 29.4 Å². The Kier molecular flexibility index (Phi) is 11.2. The molecule has 3 rings (SSSR count). The van der Waals surface area contributed by atoms with Gasteiger partial charge in [0.15, 0.2) is 0 Å². The maximum atomic E-state index is 13.2. The Hall–Kier alpha value is -3.38. The zero-order chi connectivity index (χ0) is 24.3. The van der Waals surface area contributed by atoms with Crippen molar-refractivity contribution in [1.29, 1.82) is 5.26 Å². The zero-order valence-electron chi connectivity index (χ0n) is 19.4. The van der Waals surface area contributed by atoms with Crippen LogP contribution in [0.3, 0.4) is 0 Å². The molecule has 0 aliphatic rings. The fraction of sp³-hybridized carbons (Fsp3) is 0.192. The Morgan fingerprint density at radius 2 is 1.60 bits per heavy atom. The molecule has 0 aliphatic carbocycles. The van der Waals surface area contributed by atoms with Crippen molar-refractivity contribution < 1.29 is 58.2 Å². The Morgan fingerprint density at radius 1 is 1.00 bits per heavy atom. The van der Waals surface area contributed by atoms with Crippen LogP contribution in [0, 0.1) is 17.1 Å². The standard InChI is InChI=1S/C26H23FN2O5.Na/c1-32-29-25(20-4-8-22(27)9-5-20)17-34-23-10-2-18(3-11-23)16-33-24-12-6-19(7-13-24)21(15-28)14-26(30)31;/h2-13,21H,14,16-17H2,1H3,(H,30,31);/q;+1/p-1/b29-25+;. The van der Waals surface area contributed by atoms with Crippen LogP contribution >= 0.6 is 0 Å². The molecule has 0 heterocycles. The van der Waals surface area contributed by atoms with Crippen LogP contribution in [-0.4, -0.2) is 25.4 Å². The van der Waals surface area contributed by atoms with E-state index in [9.17, 15) is 14.3 Å². The molecule has 9 heteroatoms. The largest absolute Gasteiger partial charge is 1.00 e. The molecule has 1 atom stereocenters. The Balaban J connectivity index is 0.00000432. The second-order valence-electron chi connectivity index (χ2n) is 7.28. The first-order valence-electron chi connectivity index (χ1n) is 10.4. The quantitative estimate of drug-likeness (QED) is 0.224. The number of carbonyl (C=O) groups is 1. The number of nitrogens with zero attached hydrogens (tertiary/aromatic N) is 2. The molecule has 0 aromatic heterocycles. The van der Waals surface area contributed by atoms with Crippen molar-refractivity contribution in [1.82, 2.24) is 0 Å². The molecule has 0 saturated carbocycles. The van der Waals surface area contributed by atoms with E-state index >= 15 is 0 Å². The molecule has 0 aliphatic heterocycles. The number of ether oxygens (including phenoxy) is 2. The van der Waals surface area contributed by atoms with Gasteiger partial charge in [-0.3, -0.25) is 0 Å². The van der Waals surface area contributed by atoms with Gasteiger partial charge in [0, 0.05) is 18.0 Å². The Morgan fingerprint density at radius 3 is 2.17 bits per heavy atom. The number of hydrogen-bond donors (Lipinski definition) is 0. The third-order valence-corrected chi connectivity index (χ3v) is 4.89. The van der Waals surface area contributed by atoms with Crippen LogP contribution < -0.4 is 44.1 Å². The maximum Gasteiger partial charge on any atom is 1.00 e. The molecular weight excluding hydrogens is 462 g/mol. The molecule has 0 spiro atoms. The topological polar surface area (TPSA) is 104 Å². The van der Waals surface area contributed by atoms with Crippen molar-refractivity contribution in [3.63, 3.8) is 0 Å². The van der Waals surface area contributed by atoms with E-state index in [1.807, 2.05) is 18.2 Å². The van der Waals surface area contributed by atoms with Gasteiger partial charge in [-0.2, -0.15) is 5.26 Å². The number of hydrogen-bond acceptors (Lipinski definition) is 7. The summed E-state index contributed by atoms with van der Waals surface area (Å²) in [6.07, 6.45) is -0.353. The van der Waals surface area contributed by atoms with Crippen molar-refractivity contribution in [3.8, 4) is 17.6 Å². The second-order valence-corrected chi connectivity index (χ2v) is 7.28. The molecule has 0 radical (unpaired) electrons. The van der Waals surface area contributed by atoms with E-state index in [0.29, 0.717) is 34.9 Å². The van der Waals surface area contributed by atoms with Crippen molar-refractivity contribution >= 4 is 11.7 Å². The van der Waals surface area contributed by atoms with E-state index in [1.165, 1.54) is 19.2 Å². The number of oxime groups is 1. The monoisotopic (exact) mass is 484 g/mol. The summed E-state index contributed by atoms with van der Waals surface area (Å²) < 4.78 is 24.7. The molecule has 0 bridgehead atoms. The number of carboxylic acids is 1. The summed E-state index contributed by atoms with van der Waals surface area (Å²) in [7, 11) is 1.43. The van der Waals surface area contributed by atoms with Gasteiger partial charge >= 0.3 is 29.6 Å². The van der Waals surface area contributed by atoms with Crippen LogP contribution in [-0.2, 0) is 16.2 Å². The van der Waals surface area contributed by atoms with Gasteiger partial charge in [-0.25, -0.2) is 4.39 Å². The minimum atomic E-state index is -1.27. The van der Waals surface area contributed by atoms with Crippen molar-refractivity contribution in [3.05, 3.63) is 95.3 Å². The Bertz CT molecular complexity index is 1160. The van der Waals surface area contributed by atoms with Crippen molar-refractivity contribution in [2.75, 3.05) is 13.7 Å². The normalized spacial score (nSPS) is 11.5. The summed E-state index contributed by atoms with van der Waals surface area (Å²) in [5.74, 6) is -1.15. The summed E-state index contributed by atoms with van der Waals surface area (Å²) in [5.41, 5.74) is 2.72. The molecule has 0 fully saturated rings. The smallest absolute Gasteiger partial charge is 0.550 e. The molecule has 0 amide bonds.